The zero-order valence-corrected chi connectivity index (χ0v) is 10.8. The van der Waals surface area contributed by atoms with E-state index < -0.39 is 0 Å². The quantitative estimate of drug-likeness (QED) is 0.681. The van der Waals surface area contributed by atoms with Crippen molar-refractivity contribution in [2.24, 2.45) is 11.8 Å². The molecule has 1 saturated heterocycles. The van der Waals surface area contributed by atoms with Gasteiger partial charge in [0.05, 0.1) is 25.2 Å². The fourth-order valence-corrected chi connectivity index (χ4v) is 1.94. The molecule has 0 bridgehead atoms. The molecule has 2 N–H and O–H groups in total. The molecule has 96 valence electrons. The Morgan fingerprint density at radius 2 is 2.24 bits per heavy atom. The summed E-state index contributed by atoms with van der Waals surface area (Å²) in [5.74, 6) is 2.71. The number of terminal acetylenes is 1. The summed E-state index contributed by atoms with van der Waals surface area (Å²) < 4.78 is 5.34. The summed E-state index contributed by atoms with van der Waals surface area (Å²) in [5, 5.41) is 6.16. The number of hydrogen-bond acceptors (Lipinski definition) is 3. The van der Waals surface area contributed by atoms with Gasteiger partial charge in [-0.3, -0.25) is 4.79 Å². The van der Waals surface area contributed by atoms with Gasteiger partial charge in [0.15, 0.2) is 0 Å². The van der Waals surface area contributed by atoms with Crippen LogP contribution in [-0.4, -0.2) is 37.7 Å². The summed E-state index contributed by atoms with van der Waals surface area (Å²) in [6.07, 6.45) is 5.40. The molecule has 1 aliphatic heterocycles. The lowest BCUT2D eigenvalue weighted by Gasteiger charge is -2.22. The van der Waals surface area contributed by atoms with E-state index in [0.717, 1.165) is 6.54 Å². The first-order valence-corrected chi connectivity index (χ1v) is 6.17. The third kappa shape index (κ3) is 3.72. The molecule has 0 aromatic rings. The Morgan fingerprint density at radius 1 is 1.53 bits per heavy atom. The first-order valence-electron chi connectivity index (χ1n) is 6.17. The smallest absolute Gasteiger partial charge is 0.228 e. The van der Waals surface area contributed by atoms with Gasteiger partial charge in [0.1, 0.15) is 0 Å². The summed E-state index contributed by atoms with van der Waals surface area (Å²) in [6.45, 7) is 7.91. The van der Waals surface area contributed by atoms with Crippen LogP contribution in [0.2, 0.25) is 0 Å². The van der Waals surface area contributed by atoms with Crippen LogP contribution >= 0.6 is 0 Å². The van der Waals surface area contributed by atoms with Gasteiger partial charge in [0.25, 0.3) is 0 Å². The lowest BCUT2D eigenvalue weighted by molar-refractivity contribution is -0.126. The van der Waals surface area contributed by atoms with E-state index >= 15 is 0 Å². The summed E-state index contributed by atoms with van der Waals surface area (Å²) in [5.41, 5.74) is 0. The van der Waals surface area contributed by atoms with E-state index in [0.29, 0.717) is 13.2 Å². The van der Waals surface area contributed by atoms with Crippen LogP contribution in [0, 0.1) is 24.2 Å². The van der Waals surface area contributed by atoms with Gasteiger partial charge in [0, 0.05) is 6.04 Å². The normalized spacial score (nSPS) is 25.6. The standard InChI is InChI=1S/C13H22N2O2/c1-5-11(9(3)4)15-13(16)10-7-17-8-12(10)14-6-2/h1,9-12,14H,6-8H2,2-4H3,(H,15,16). The van der Waals surface area contributed by atoms with E-state index in [1.807, 2.05) is 20.8 Å². The van der Waals surface area contributed by atoms with E-state index in [2.05, 4.69) is 16.6 Å². The average molecular weight is 238 g/mol. The lowest BCUT2D eigenvalue weighted by atomic mass is 10.00. The minimum absolute atomic E-state index is 0.00917. The number of nitrogens with one attached hydrogen (secondary N) is 2. The van der Waals surface area contributed by atoms with Crippen molar-refractivity contribution < 1.29 is 9.53 Å². The van der Waals surface area contributed by atoms with Gasteiger partial charge in [-0.25, -0.2) is 0 Å². The number of rotatable bonds is 5. The molecule has 0 radical (unpaired) electrons. The first kappa shape index (κ1) is 14.0. The Balaban J connectivity index is 2.54. The number of ether oxygens (including phenoxy) is 1. The van der Waals surface area contributed by atoms with Crippen LogP contribution in [0.5, 0.6) is 0 Å². The highest BCUT2D eigenvalue weighted by molar-refractivity contribution is 5.80. The molecule has 0 spiro atoms. The molecule has 1 amide bonds. The fraction of sp³-hybridized carbons (Fsp3) is 0.769. The van der Waals surface area contributed by atoms with E-state index in [-0.39, 0.29) is 29.8 Å². The monoisotopic (exact) mass is 238 g/mol. The molecular weight excluding hydrogens is 216 g/mol. The van der Waals surface area contributed by atoms with Gasteiger partial charge >= 0.3 is 0 Å². The third-order valence-corrected chi connectivity index (χ3v) is 3.03. The Hall–Kier alpha value is -1.05. The van der Waals surface area contributed by atoms with Gasteiger partial charge < -0.3 is 15.4 Å². The minimum Gasteiger partial charge on any atom is -0.379 e. The predicted octanol–water partition coefficient (Wildman–Crippen LogP) is 0.385. The van der Waals surface area contributed by atoms with Crippen LogP contribution in [0.15, 0.2) is 0 Å². The van der Waals surface area contributed by atoms with Crippen molar-refractivity contribution in [3.8, 4) is 12.3 Å². The topological polar surface area (TPSA) is 50.4 Å². The highest BCUT2D eigenvalue weighted by atomic mass is 16.5. The van der Waals surface area contributed by atoms with Crippen LogP contribution in [0.3, 0.4) is 0 Å². The maximum atomic E-state index is 12.1. The molecule has 3 unspecified atom stereocenters. The Labute approximate surface area is 103 Å². The predicted molar refractivity (Wildman–Crippen MR) is 67.4 cm³/mol. The van der Waals surface area contributed by atoms with Crippen molar-refractivity contribution in [3.05, 3.63) is 0 Å². The number of amides is 1. The van der Waals surface area contributed by atoms with Crippen LogP contribution in [0.25, 0.3) is 0 Å². The molecule has 0 aromatic heterocycles. The number of hydrogen-bond donors (Lipinski definition) is 2. The molecule has 17 heavy (non-hydrogen) atoms. The second-order valence-corrected chi connectivity index (χ2v) is 4.71. The molecule has 0 aromatic carbocycles. The number of carbonyl (C=O) groups is 1. The van der Waals surface area contributed by atoms with E-state index in [1.165, 1.54) is 0 Å². The lowest BCUT2D eigenvalue weighted by Crippen LogP contribution is -2.47. The number of likely N-dealkylation sites (N-methyl/N-ethyl adjacent to an activating group) is 1. The maximum absolute atomic E-state index is 12.1. The summed E-state index contributed by atoms with van der Waals surface area (Å²) >= 11 is 0. The highest BCUT2D eigenvalue weighted by Crippen LogP contribution is 2.14. The van der Waals surface area contributed by atoms with Crippen molar-refractivity contribution in [2.75, 3.05) is 19.8 Å². The van der Waals surface area contributed by atoms with Crippen LogP contribution in [0.1, 0.15) is 20.8 Å². The Kier molecular flexibility index (Phi) is 5.46. The van der Waals surface area contributed by atoms with Gasteiger partial charge in [-0.1, -0.05) is 26.7 Å². The van der Waals surface area contributed by atoms with Crippen molar-refractivity contribution in [3.63, 3.8) is 0 Å². The van der Waals surface area contributed by atoms with Gasteiger partial charge in [-0.2, -0.15) is 0 Å². The van der Waals surface area contributed by atoms with Gasteiger partial charge in [-0.15, -0.1) is 6.42 Å². The molecule has 3 atom stereocenters. The molecule has 0 aliphatic carbocycles. The molecule has 1 aliphatic rings. The van der Waals surface area contributed by atoms with E-state index in [4.69, 9.17) is 11.2 Å². The first-order chi connectivity index (χ1) is 8.10. The van der Waals surface area contributed by atoms with Crippen LogP contribution in [-0.2, 0) is 9.53 Å². The molecule has 4 nitrogen and oxygen atoms in total. The fourth-order valence-electron chi connectivity index (χ4n) is 1.94. The summed E-state index contributed by atoms with van der Waals surface area (Å²) in [6, 6.07) is -0.101. The van der Waals surface area contributed by atoms with Gasteiger partial charge in [-0.05, 0) is 12.5 Å². The average Bonchev–Trinajstić information content (AvgIpc) is 2.74. The number of carbonyl (C=O) groups excluding carboxylic acids is 1. The molecule has 4 heteroatoms. The molecule has 0 saturated carbocycles. The molecule has 1 heterocycles. The van der Waals surface area contributed by atoms with Crippen molar-refractivity contribution >= 4 is 5.91 Å². The van der Waals surface area contributed by atoms with Gasteiger partial charge in [0.2, 0.25) is 5.91 Å². The Bertz CT molecular complexity index is 296. The van der Waals surface area contributed by atoms with Crippen LogP contribution in [0.4, 0.5) is 0 Å². The second kappa shape index (κ2) is 6.63. The largest absolute Gasteiger partial charge is 0.379 e. The maximum Gasteiger partial charge on any atom is 0.228 e. The van der Waals surface area contributed by atoms with Crippen LogP contribution < -0.4 is 10.6 Å². The molecular formula is C13H22N2O2. The van der Waals surface area contributed by atoms with Crippen molar-refractivity contribution in [1.82, 2.24) is 10.6 Å². The second-order valence-electron chi connectivity index (χ2n) is 4.71. The SMILES string of the molecule is C#CC(NC(=O)C1COCC1NCC)C(C)C. The zero-order valence-electron chi connectivity index (χ0n) is 10.8. The van der Waals surface area contributed by atoms with Crippen molar-refractivity contribution in [1.29, 1.82) is 0 Å². The van der Waals surface area contributed by atoms with E-state index in [9.17, 15) is 4.79 Å². The summed E-state index contributed by atoms with van der Waals surface area (Å²) in [7, 11) is 0. The molecule has 1 fully saturated rings. The molecule has 1 rings (SSSR count). The van der Waals surface area contributed by atoms with E-state index in [1.54, 1.807) is 0 Å². The zero-order chi connectivity index (χ0) is 12.8. The van der Waals surface area contributed by atoms with Crippen molar-refractivity contribution in [2.45, 2.75) is 32.9 Å². The summed E-state index contributed by atoms with van der Waals surface area (Å²) in [4.78, 5) is 12.1. The third-order valence-electron chi connectivity index (χ3n) is 3.03. The Morgan fingerprint density at radius 3 is 2.76 bits per heavy atom. The minimum atomic E-state index is -0.203. The highest BCUT2D eigenvalue weighted by Gasteiger charge is 2.34.